The number of benzene rings is 1. The van der Waals surface area contributed by atoms with Crippen molar-refractivity contribution < 1.29 is 14.4 Å². The van der Waals surface area contributed by atoms with E-state index < -0.39 is 0 Å². The molecular formula is C17H25ClN4O3. The zero-order chi connectivity index (χ0) is 17.5. The first kappa shape index (κ1) is 20.9. The number of nitrogens with one attached hydrogen (secondary N) is 3. The average molecular weight is 369 g/mol. The van der Waals surface area contributed by atoms with Crippen LogP contribution in [-0.2, 0) is 9.59 Å². The summed E-state index contributed by atoms with van der Waals surface area (Å²) < 4.78 is 0. The molecule has 0 aliphatic heterocycles. The SMILES string of the molecule is Cc1cc(C(=O)NC2CCCC2)ccc1NC(=O)CNC(=O)CN.Cl. The summed E-state index contributed by atoms with van der Waals surface area (Å²) in [5.74, 6) is -0.818. The van der Waals surface area contributed by atoms with E-state index in [-0.39, 0.29) is 49.3 Å². The molecule has 1 aliphatic rings. The number of nitrogens with two attached hydrogens (primary N) is 1. The van der Waals surface area contributed by atoms with Crippen molar-refractivity contribution in [2.75, 3.05) is 18.4 Å². The van der Waals surface area contributed by atoms with Crippen LogP contribution < -0.4 is 21.7 Å². The summed E-state index contributed by atoms with van der Waals surface area (Å²) in [6.07, 6.45) is 4.39. The number of carbonyl (C=O) groups excluding carboxylic acids is 3. The second kappa shape index (κ2) is 10.0. The fraction of sp³-hybridized carbons (Fsp3) is 0.471. The lowest BCUT2D eigenvalue weighted by Crippen LogP contribution is -2.36. The van der Waals surface area contributed by atoms with Crippen LogP contribution in [0.3, 0.4) is 0 Å². The van der Waals surface area contributed by atoms with Gasteiger partial charge in [-0.05, 0) is 43.5 Å². The van der Waals surface area contributed by atoms with Gasteiger partial charge in [-0.2, -0.15) is 0 Å². The largest absolute Gasteiger partial charge is 0.349 e. The van der Waals surface area contributed by atoms with E-state index in [1.165, 1.54) is 0 Å². The number of aryl methyl sites for hydroxylation is 1. The van der Waals surface area contributed by atoms with Gasteiger partial charge in [0.2, 0.25) is 11.8 Å². The highest BCUT2D eigenvalue weighted by molar-refractivity contribution is 5.98. The van der Waals surface area contributed by atoms with E-state index in [4.69, 9.17) is 5.73 Å². The Hall–Kier alpha value is -2.12. The van der Waals surface area contributed by atoms with Crippen molar-refractivity contribution in [2.45, 2.75) is 38.6 Å². The van der Waals surface area contributed by atoms with Crippen molar-refractivity contribution in [1.82, 2.24) is 10.6 Å². The number of carbonyl (C=O) groups is 3. The monoisotopic (exact) mass is 368 g/mol. The molecular weight excluding hydrogens is 344 g/mol. The van der Waals surface area contributed by atoms with E-state index in [0.29, 0.717) is 11.3 Å². The highest BCUT2D eigenvalue weighted by Gasteiger charge is 2.18. The predicted molar refractivity (Wildman–Crippen MR) is 98.8 cm³/mol. The summed E-state index contributed by atoms with van der Waals surface area (Å²) in [6, 6.07) is 5.40. The molecule has 0 atom stereocenters. The van der Waals surface area contributed by atoms with Crippen LogP contribution in [0.4, 0.5) is 5.69 Å². The predicted octanol–water partition coefficient (Wildman–Crippen LogP) is 1.10. The lowest BCUT2D eigenvalue weighted by molar-refractivity contribution is -0.123. The van der Waals surface area contributed by atoms with Crippen molar-refractivity contribution in [1.29, 1.82) is 0 Å². The Kier molecular flexibility index (Phi) is 8.37. The molecule has 8 heteroatoms. The van der Waals surface area contributed by atoms with E-state index in [1.54, 1.807) is 18.2 Å². The second-order valence-corrected chi connectivity index (χ2v) is 6.01. The maximum Gasteiger partial charge on any atom is 0.251 e. The molecule has 2 rings (SSSR count). The number of hydrogen-bond acceptors (Lipinski definition) is 4. The maximum absolute atomic E-state index is 12.2. The highest BCUT2D eigenvalue weighted by Crippen LogP contribution is 2.20. The molecule has 3 amide bonds. The summed E-state index contributed by atoms with van der Waals surface area (Å²) >= 11 is 0. The minimum Gasteiger partial charge on any atom is -0.349 e. The number of anilines is 1. The van der Waals surface area contributed by atoms with Crippen LogP contribution in [0.1, 0.15) is 41.6 Å². The Bertz CT molecular complexity index is 630. The topological polar surface area (TPSA) is 113 Å². The number of hydrogen-bond donors (Lipinski definition) is 4. The second-order valence-electron chi connectivity index (χ2n) is 6.01. The fourth-order valence-corrected chi connectivity index (χ4v) is 2.73. The van der Waals surface area contributed by atoms with E-state index in [9.17, 15) is 14.4 Å². The molecule has 1 aromatic rings. The van der Waals surface area contributed by atoms with Gasteiger partial charge in [-0.25, -0.2) is 0 Å². The van der Waals surface area contributed by atoms with Gasteiger partial charge in [-0.3, -0.25) is 14.4 Å². The molecule has 7 nitrogen and oxygen atoms in total. The van der Waals surface area contributed by atoms with Crippen LogP contribution in [0.25, 0.3) is 0 Å². The Balaban J connectivity index is 0.00000312. The summed E-state index contributed by atoms with van der Waals surface area (Å²) in [4.78, 5) is 35.1. The molecule has 0 bridgehead atoms. The van der Waals surface area contributed by atoms with E-state index in [1.807, 2.05) is 6.92 Å². The lowest BCUT2D eigenvalue weighted by atomic mass is 10.1. The average Bonchev–Trinajstić information content (AvgIpc) is 3.07. The summed E-state index contributed by atoms with van der Waals surface area (Å²) in [6.45, 7) is 1.52. The standard InChI is InChI=1S/C17H24N4O3.ClH/c1-11-8-12(17(24)20-13-4-2-3-5-13)6-7-14(11)21-16(23)10-19-15(22)9-18;/h6-8,13H,2-5,9-10,18H2,1H3,(H,19,22)(H,20,24)(H,21,23);1H. The van der Waals surface area contributed by atoms with Crippen LogP contribution >= 0.6 is 12.4 Å². The first-order chi connectivity index (χ1) is 11.5. The molecule has 1 aromatic carbocycles. The lowest BCUT2D eigenvalue weighted by Gasteiger charge is -2.14. The van der Waals surface area contributed by atoms with Gasteiger partial charge >= 0.3 is 0 Å². The first-order valence-corrected chi connectivity index (χ1v) is 8.17. The molecule has 1 fully saturated rings. The van der Waals surface area contributed by atoms with Gasteiger partial charge in [0.25, 0.3) is 5.91 Å². The minimum atomic E-state index is -0.388. The molecule has 1 aliphatic carbocycles. The van der Waals surface area contributed by atoms with E-state index >= 15 is 0 Å². The van der Waals surface area contributed by atoms with Crippen molar-refractivity contribution in [3.8, 4) is 0 Å². The number of halogens is 1. The first-order valence-electron chi connectivity index (χ1n) is 8.17. The summed E-state index contributed by atoms with van der Waals surface area (Å²) in [5.41, 5.74) is 7.13. The van der Waals surface area contributed by atoms with Crippen molar-refractivity contribution >= 4 is 35.8 Å². The molecule has 0 saturated heterocycles. The third kappa shape index (κ3) is 6.36. The van der Waals surface area contributed by atoms with Crippen LogP contribution in [0.15, 0.2) is 18.2 Å². The van der Waals surface area contributed by atoms with Gasteiger partial charge in [0.05, 0.1) is 13.1 Å². The van der Waals surface area contributed by atoms with Crippen molar-refractivity contribution in [2.24, 2.45) is 5.73 Å². The highest BCUT2D eigenvalue weighted by atomic mass is 35.5. The molecule has 0 heterocycles. The van der Waals surface area contributed by atoms with Crippen LogP contribution in [-0.4, -0.2) is 36.9 Å². The van der Waals surface area contributed by atoms with Gasteiger partial charge < -0.3 is 21.7 Å². The summed E-state index contributed by atoms with van der Waals surface area (Å²) in [5, 5.41) is 8.14. The van der Waals surface area contributed by atoms with Crippen LogP contribution in [0.5, 0.6) is 0 Å². The zero-order valence-electron chi connectivity index (χ0n) is 14.3. The van der Waals surface area contributed by atoms with Crippen LogP contribution in [0.2, 0.25) is 0 Å². The number of rotatable bonds is 6. The van der Waals surface area contributed by atoms with E-state index in [0.717, 1.165) is 31.2 Å². The minimum absolute atomic E-state index is 0. The molecule has 25 heavy (non-hydrogen) atoms. The van der Waals surface area contributed by atoms with Gasteiger partial charge in [-0.15, -0.1) is 12.4 Å². The Morgan fingerprint density at radius 1 is 1.16 bits per heavy atom. The molecule has 5 N–H and O–H groups in total. The van der Waals surface area contributed by atoms with E-state index in [2.05, 4.69) is 16.0 Å². The van der Waals surface area contributed by atoms with Crippen molar-refractivity contribution in [3.63, 3.8) is 0 Å². The molecule has 0 unspecified atom stereocenters. The molecule has 1 saturated carbocycles. The van der Waals surface area contributed by atoms with Crippen LogP contribution in [0, 0.1) is 6.92 Å². The van der Waals surface area contributed by atoms with Gasteiger partial charge in [0.15, 0.2) is 0 Å². The Morgan fingerprint density at radius 2 is 1.84 bits per heavy atom. The quantitative estimate of drug-likeness (QED) is 0.602. The van der Waals surface area contributed by atoms with Crippen molar-refractivity contribution in [3.05, 3.63) is 29.3 Å². The third-order valence-corrected chi connectivity index (χ3v) is 4.08. The van der Waals surface area contributed by atoms with Gasteiger partial charge in [0.1, 0.15) is 0 Å². The smallest absolute Gasteiger partial charge is 0.251 e. The van der Waals surface area contributed by atoms with Gasteiger partial charge in [0, 0.05) is 17.3 Å². The fourth-order valence-electron chi connectivity index (χ4n) is 2.73. The Labute approximate surface area is 153 Å². The molecule has 0 spiro atoms. The Morgan fingerprint density at radius 3 is 2.44 bits per heavy atom. The normalized spacial score (nSPS) is 13.7. The molecule has 0 aromatic heterocycles. The zero-order valence-corrected chi connectivity index (χ0v) is 15.1. The molecule has 138 valence electrons. The third-order valence-electron chi connectivity index (χ3n) is 4.08. The summed E-state index contributed by atoms with van der Waals surface area (Å²) in [7, 11) is 0. The molecule has 0 radical (unpaired) electrons. The maximum atomic E-state index is 12.2. The number of amides is 3. The van der Waals surface area contributed by atoms with Gasteiger partial charge in [-0.1, -0.05) is 12.8 Å².